The van der Waals surface area contributed by atoms with E-state index >= 15 is 0 Å². The second kappa shape index (κ2) is 5.97. The second-order valence-electron chi connectivity index (χ2n) is 4.27. The molecule has 21 heavy (non-hydrogen) atoms. The molecule has 0 N–H and O–H groups in total. The summed E-state index contributed by atoms with van der Waals surface area (Å²) >= 11 is 5.95. The number of aromatic nitrogens is 2. The van der Waals surface area contributed by atoms with Crippen molar-refractivity contribution >= 4 is 17.6 Å². The van der Waals surface area contributed by atoms with Gasteiger partial charge in [0.2, 0.25) is 0 Å². The third kappa shape index (κ3) is 2.90. The highest BCUT2D eigenvalue weighted by Crippen LogP contribution is 2.19. The van der Waals surface area contributed by atoms with Crippen LogP contribution in [0.4, 0.5) is 0 Å². The Hall–Kier alpha value is -2.34. The summed E-state index contributed by atoms with van der Waals surface area (Å²) in [5.74, 6) is -0.606. The first kappa shape index (κ1) is 15.1. The lowest BCUT2D eigenvalue weighted by Crippen LogP contribution is -2.36. The zero-order valence-electron chi connectivity index (χ0n) is 11.5. The monoisotopic (exact) mass is 308 g/mol. The first-order valence-electron chi connectivity index (χ1n) is 6.21. The predicted octanol–water partition coefficient (Wildman–Crippen LogP) is 1.37. The molecular weight excluding hydrogens is 296 g/mol. The molecule has 7 heteroatoms. The lowest BCUT2D eigenvalue weighted by atomic mass is 10.2. The van der Waals surface area contributed by atoms with E-state index in [9.17, 15) is 14.4 Å². The van der Waals surface area contributed by atoms with Crippen molar-refractivity contribution < 1.29 is 9.53 Å². The fourth-order valence-corrected chi connectivity index (χ4v) is 2.02. The van der Waals surface area contributed by atoms with E-state index in [1.165, 1.54) is 42.1 Å². The zero-order chi connectivity index (χ0) is 15.6. The normalized spacial score (nSPS) is 10.4. The SMILES string of the molecule is CCOC(=O)c1cc(-n2c(=O)ccn(C)c2=O)ccc1Cl. The number of halogens is 1. The highest BCUT2D eigenvalue weighted by molar-refractivity contribution is 6.33. The molecule has 0 bridgehead atoms. The smallest absolute Gasteiger partial charge is 0.339 e. The molecule has 0 fully saturated rings. The van der Waals surface area contributed by atoms with Crippen LogP contribution in [0, 0.1) is 0 Å². The van der Waals surface area contributed by atoms with Gasteiger partial charge in [0.25, 0.3) is 5.56 Å². The van der Waals surface area contributed by atoms with Crippen molar-refractivity contribution in [1.82, 2.24) is 9.13 Å². The molecule has 0 amide bonds. The predicted molar refractivity (Wildman–Crippen MR) is 78.2 cm³/mol. The van der Waals surface area contributed by atoms with Crippen molar-refractivity contribution in [3.63, 3.8) is 0 Å². The fourth-order valence-electron chi connectivity index (χ4n) is 1.82. The number of aryl methyl sites for hydroxylation is 1. The van der Waals surface area contributed by atoms with E-state index in [1.54, 1.807) is 6.92 Å². The van der Waals surface area contributed by atoms with Gasteiger partial charge in [-0.2, -0.15) is 0 Å². The third-order valence-corrected chi connectivity index (χ3v) is 3.19. The van der Waals surface area contributed by atoms with Crippen molar-refractivity contribution in [1.29, 1.82) is 0 Å². The summed E-state index contributed by atoms with van der Waals surface area (Å²) in [7, 11) is 1.53. The van der Waals surface area contributed by atoms with Gasteiger partial charge in [-0.3, -0.25) is 4.79 Å². The van der Waals surface area contributed by atoms with E-state index in [4.69, 9.17) is 16.3 Å². The van der Waals surface area contributed by atoms with Gasteiger partial charge in [-0.1, -0.05) is 11.6 Å². The van der Waals surface area contributed by atoms with Crippen molar-refractivity contribution in [2.45, 2.75) is 6.92 Å². The Morgan fingerprint density at radius 1 is 1.29 bits per heavy atom. The van der Waals surface area contributed by atoms with Gasteiger partial charge in [-0.05, 0) is 25.1 Å². The number of carbonyl (C=O) groups is 1. The minimum atomic E-state index is -0.606. The molecule has 0 spiro atoms. The molecule has 0 radical (unpaired) electrons. The summed E-state index contributed by atoms with van der Waals surface area (Å²) in [5, 5.41) is 0.193. The molecule has 0 aliphatic heterocycles. The summed E-state index contributed by atoms with van der Waals surface area (Å²) in [5.41, 5.74) is -0.641. The Morgan fingerprint density at radius 2 is 2.00 bits per heavy atom. The number of hydrogen-bond acceptors (Lipinski definition) is 4. The van der Waals surface area contributed by atoms with E-state index in [0.717, 1.165) is 4.57 Å². The molecule has 1 aromatic heterocycles. The molecule has 2 rings (SSSR count). The lowest BCUT2D eigenvalue weighted by Gasteiger charge is -2.09. The molecule has 0 aliphatic rings. The maximum atomic E-state index is 12.1. The van der Waals surface area contributed by atoms with Crippen LogP contribution < -0.4 is 11.2 Å². The van der Waals surface area contributed by atoms with Crippen LogP contribution in [-0.2, 0) is 11.8 Å². The number of carbonyl (C=O) groups excluding carboxylic acids is 1. The molecule has 1 aromatic carbocycles. The number of benzene rings is 1. The quantitative estimate of drug-likeness (QED) is 0.803. The van der Waals surface area contributed by atoms with Crippen LogP contribution in [0.25, 0.3) is 5.69 Å². The molecule has 0 unspecified atom stereocenters. The summed E-state index contributed by atoms with van der Waals surface area (Å²) < 4.78 is 7.11. The summed E-state index contributed by atoms with van der Waals surface area (Å²) in [6.07, 6.45) is 1.38. The Labute approximate surface area is 125 Å². The summed E-state index contributed by atoms with van der Waals surface area (Å²) in [6, 6.07) is 5.57. The Bertz CT molecular complexity index is 807. The molecule has 0 atom stereocenters. The first-order chi connectivity index (χ1) is 9.95. The van der Waals surface area contributed by atoms with E-state index in [0.29, 0.717) is 0 Å². The number of rotatable bonds is 3. The topological polar surface area (TPSA) is 70.3 Å². The number of ether oxygens (including phenoxy) is 1. The van der Waals surface area contributed by atoms with Gasteiger partial charge in [-0.15, -0.1) is 0 Å². The van der Waals surface area contributed by atoms with Crippen LogP contribution in [0.2, 0.25) is 5.02 Å². The molecular formula is C14H13ClN2O4. The van der Waals surface area contributed by atoms with Crippen molar-refractivity contribution in [2.75, 3.05) is 6.61 Å². The van der Waals surface area contributed by atoms with Crippen molar-refractivity contribution in [2.24, 2.45) is 7.05 Å². The summed E-state index contributed by atoms with van der Waals surface area (Å²) in [4.78, 5) is 35.8. The molecule has 1 heterocycles. The third-order valence-electron chi connectivity index (χ3n) is 2.86. The molecule has 0 aliphatic carbocycles. The molecule has 0 saturated carbocycles. The summed E-state index contributed by atoms with van der Waals surface area (Å²) in [6.45, 7) is 1.87. The molecule has 6 nitrogen and oxygen atoms in total. The van der Waals surface area contributed by atoms with E-state index in [-0.39, 0.29) is 22.9 Å². The van der Waals surface area contributed by atoms with Gasteiger partial charge in [0.15, 0.2) is 0 Å². The van der Waals surface area contributed by atoms with Gasteiger partial charge in [0.05, 0.1) is 22.9 Å². The largest absolute Gasteiger partial charge is 0.462 e. The average Bonchev–Trinajstić information content (AvgIpc) is 2.45. The number of esters is 1. The minimum absolute atomic E-state index is 0.105. The Morgan fingerprint density at radius 3 is 2.67 bits per heavy atom. The van der Waals surface area contributed by atoms with E-state index < -0.39 is 17.2 Å². The zero-order valence-corrected chi connectivity index (χ0v) is 12.3. The van der Waals surface area contributed by atoms with Crippen LogP contribution in [0.5, 0.6) is 0 Å². The highest BCUT2D eigenvalue weighted by atomic mass is 35.5. The standard InChI is InChI=1S/C14H13ClN2O4/c1-3-21-13(19)10-8-9(4-5-11(10)15)17-12(18)6-7-16(2)14(17)20/h4-8H,3H2,1-2H3. The Balaban J connectivity index is 2.65. The second-order valence-corrected chi connectivity index (χ2v) is 4.67. The van der Waals surface area contributed by atoms with Crippen LogP contribution in [-0.4, -0.2) is 21.7 Å². The van der Waals surface area contributed by atoms with Gasteiger partial charge in [-0.25, -0.2) is 14.2 Å². The van der Waals surface area contributed by atoms with Gasteiger partial charge < -0.3 is 9.30 Å². The maximum Gasteiger partial charge on any atom is 0.339 e. The van der Waals surface area contributed by atoms with Crippen LogP contribution in [0.3, 0.4) is 0 Å². The van der Waals surface area contributed by atoms with E-state index in [2.05, 4.69) is 0 Å². The average molecular weight is 309 g/mol. The maximum absolute atomic E-state index is 12.1. The van der Waals surface area contributed by atoms with Gasteiger partial charge >= 0.3 is 11.7 Å². The van der Waals surface area contributed by atoms with Crippen LogP contribution in [0.15, 0.2) is 40.1 Å². The molecule has 2 aromatic rings. The fraction of sp³-hybridized carbons (Fsp3) is 0.214. The minimum Gasteiger partial charge on any atom is -0.462 e. The van der Waals surface area contributed by atoms with Crippen LogP contribution in [0.1, 0.15) is 17.3 Å². The van der Waals surface area contributed by atoms with Gasteiger partial charge in [0, 0.05) is 19.3 Å². The molecule has 110 valence electrons. The first-order valence-corrected chi connectivity index (χ1v) is 6.59. The Kier molecular flexibility index (Phi) is 4.28. The highest BCUT2D eigenvalue weighted by Gasteiger charge is 2.14. The molecule has 0 saturated heterocycles. The van der Waals surface area contributed by atoms with E-state index in [1.807, 2.05) is 0 Å². The van der Waals surface area contributed by atoms with Crippen LogP contribution >= 0.6 is 11.6 Å². The van der Waals surface area contributed by atoms with Gasteiger partial charge in [0.1, 0.15) is 0 Å². The van der Waals surface area contributed by atoms with Crippen molar-refractivity contribution in [3.05, 3.63) is 61.9 Å². The van der Waals surface area contributed by atoms with Crippen molar-refractivity contribution in [3.8, 4) is 5.69 Å². The lowest BCUT2D eigenvalue weighted by molar-refractivity contribution is 0.0526. The number of nitrogens with zero attached hydrogens (tertiary/aromatic N) is 2. The number of hydrogen-bond donors (Lipinski definition) is 0.